The van der Waals surface area contributed by atoms with Crippen LogP contribution in [0.3, 0.4) is 0 Å². The summed E-state index contributed by atoms with van der Waals surface area (Å²) in [5.74, 6) is 2.87. The van der Waals surface area contributed by atoms with Crippen molar-refractivity contribution in [2.24, 2.45) is 0 Å². The van der Waals surface area contributed by atoms with Crippen LogP contribution in [0.5, 0.6) is 11.5 Å². The summed E-state index contributed by atoms with van der Waals surface area (Å²) < 4.78 is 16.5. The number of thiophene rings is 1. The van der Waals surface area contributed by atoms with Crippen molar-refractivity contribution in [1.82, 2.24) is 14.8 Å². The van der Waals surface area contributed by atoms with Gasteiger partial charge in [-0.3, -0.25) is 9.69 Å². The molecule has 0 aliphatic carbocycles. The maximum absolute atomic E-state index is 12.8. The van der Waals surface area contributed by atoms with Gasteiger partial charge in [0.05, 0.1) is 31.2 Å². The third-order valence-electron chi connectivity index (χ3n) is 5.52. The summed E-state index contributed by atoms with van der Waals surface area (Å²) in [4.78, 5) is 22.6. The number of carbonyl (C=O) groups excluding carboxylic acids is 1. The van der Waals surface area contributed by atoms with E-state index in [9.17, 15) is 4.79 Å². The highest BCUT2D eigenvalue weighted by molar-refractivity contribution is 7.13. The molecule has 1 saturated heterocycles. The molecule has 0 N–H and O–H groups in total. The molecule has 0 bridgehead atoms. The molecule has 0 spiro atoms. The van der Waals surface area contributed by atoms with Gasteiger partial charge in [0, 0.05) is 32.7 Å². The molecule has 164 valence electrons. The quantitative estimate of drug-likeness (QED) is 0.558. The van der Waals surface area contributed by atoms with Gasteiger partial charge in [-0.15, -0.1) is 11.3 Å². The molecule has 0 unspecified atom stereocenters. The molecule has 1 fully saturated rings. The fourth-order valence-corrected chi connectivity index (χ4v) is 4.39. The highest BCUT2D eigenvalue weighted by atomic mass is 32.1. The van der Waals surface area contributed by atoms with Crippen molar-refractivity contribution in [3.63, 3.8) is 0 Å². The van der Waals surface area contributed by atoms with E-state index >= 15 is 0 Å². The predicted octanol–water partition coefficient (Wildman–Crippen LogP) is 3.62. The molecule has 31 heavy (non-hydrogen) atoms. The van der Waals surface area contributed by atoms with Crippen LogP contribution in [0.4, 0.5) is 0 Å². The SMILES string of the molecule is COc1ccc(CN2CCN(C(=O)Cc3nc(-c4cccs4)oc3C)CC2)cc1OC. The number of aromatic nitrogens is 1. The molecule has 0 saturated carbocycles. The smallest absolute Gasteiger partial charge is 0.236 e. The Bertz CT molecular complexity index is 1020. The Balaban J connectivity index is 1.31. The molecule has 1 aliphatic heterocycles. The normalized spacial score (nSPS) is 14.6. The topological polar surface area (TPSA) is 68.0 Å². The third-order valence-corrected chi connectivity index (χ3v) is 6.38. The molecular formula is C23H27N3O4S. The first kappa shape index (κ1) is 21.4. The second kappa shape index (κ2) is 9.53. The zero-order valence-corrected chi connectivity index (χ0v) is 18.9. The number of ether oxygens (including phenoxy) is 2. The van der Waals surface area contributed by atoms with Gasteiger partial charge in [-0.05, 0) is 36.1 Å². The molecule has 1 amide bonds. The van der Waals surface area contributed by atoms with E-state index in [1.807, 2.05) is 41.5 Å². The minimum Gasteiger partial charge on any atom is -0.493 e. The number of hydrogen-bond donors (Lipinski definition) is 0. The Morgan fingerprint density at radius 3 is 2.58 bits per heavy atom. The fourth-order valence-electron chi connectivity index (χ4n) is 3.75. The Kier molecular flexibility index (Phi) is 6.58. The van der Waals surface area contributed by atoms with Crippen LogP contribution in [0, 0.1) is 6.92 Å². The van der Waals surface area contributed by atoms with E-state index in [1.54, 1.807) is 25.6 Å². The van der Waals surface area contributed by atoms with E-state index in [2.05, 4.69) is 16.0 Å². The number of amides is 1. The first-order chi connectivity index (χ1) is 15.1. The number of benzene rings is 1. The standard InChI is InChI=1S/C23H27N3O4S/c1-16-18(24-23(30-16)21-5-4-12-31-21)14-22(27)26-10-8-25(9-11-26)15-17-6-7-19(28-2)20(13-17)29-3/h4-7,12-13H,8-11,14-15H2,1-3H3. The fraction of sp³-hybridized carbons (Fsp3) is 0.391. The van der Waals surface area contributed by atoms with E-state index in [-0.39, 0.29) is 12.3 Å². The number of nitrogens with zero attached hydrogens (tertiary/aromatic N) is 3. The van der Waals surface area contributed by atoms with Gasteiger partial charge in [0.15, 0.2) is 11.5 Å². The summed E-state index contributed by atoms with van der Waals surface area (Å²) in [6, 6.07) is 9.93. The van der Waals surface area contributed by atoms with E-state index in [0.29, 0.717) is 24.7 Å². The highest BCUT2D eigenvalue weighted by Crippen LogP contribution is 2.28. The summed E-state index contributed by atoms with van der Waals surface area (Å²) in [7, 11) is 3.28. The van der Waals surface area contributed by atoms with Gasteiger partial charge in [0.2, 0.25) is 11.8 Å². The average molecular weight is 442 g/mol. The largest absolute Gasteiger partial charge is 0.493 e. The highest BCUT2D eigenvalue weighted by Gasteiger charge is 2.24. The summed E-state index contributed by atoms with van der Waals surface area (Å²) in [6.07, 6.45) is 0.274. The molecule has 1 aromatic carbocycles. The van der Waals surface area contributed by atoms with Gasteiger partial charge < -0.3 is 18.8 Å². The number of rotatable bonds is 7. The van der Waals surface area contributed by atoms with Crippen LogP contribution in [0.15, 0.2) is 40.1 Å². The lowest BCUT2D eigenvalue weighted by atomic mass is 10.1. The maximum atomic E-state index is 12.8. The molecule has 0 radical (unpaired) electrons. The van der Waals surface area contributed by atoms with E-state index < -0.39 is 0 Å². The van der Waals surface area contributed by atoms with Crippen molar-refractivity contribution < 1.29 is 18.7 Å². The van der Waals surface area contributed by atoms with Crippen LogP contribution in [-0.4, -0.2) is 61.1 Å². The van der Waals surface area contributed by atoms with E-state index in [1.165, 1.54) is 0 Å². The monoisotopic (exact) mass is 441 g/mol. The molecular weight excluding hydrogens is 414 g/mol. The number of methoxy groups -OCH3 is 2. The molecule has 0 atom stereocenters. The summed E-state index contributed by atoms with van der Waals surface area (Å²) in [5, 5.41) is 1.99. The maximum Gasteiger partial charge on any atom is 0.236 e. The van der Waals surface area contributed by atoms with Gasteiger partial charge in [-0.1, -0.05) is 12.1 Å². The lowest BCUT2D eigenvalue weighted by Gasteiger charge is -2.34. The lowest BCUT2D eigenvalue weighted by Crippen LogP contribution is -2.48. The van der Waals surface area contributed by atoms with Crippen molar-refractivity contribution in [2.75, 3.05) is 40.4 Å². The van der Waals surface area contributed by atoms with E-state index in [4.69, 9.17) is 13.9 Å². The minimum absolute atomic E-state index is 0.0971. The summed E-state index contributed by atoms with van der Waals surface area (Å²) >= 11 is 1.58. The molecule has 7 nitrogen and oxygen atoms in total. The number of carbonyl (C=O) groups is 1. The van der Waals surface area contributed by atoms with Crippen LogP contribution in [0.2, 0.25) is 0 Å². The molecule has 4 rings (SSSR count). The first-order valence-electron chi connectivity index (χ1n) is 10.3. The molecule has 8 heteroatoms. The van der Waals surface area contributed by atoms with Crippen LogP contribution in [-0.2, 0) is 17.8 Å². The number of piperazine rings is 1. The molecule has 3 heterocycles. The van der Waals surface area contributed by atoms with Crippen LogP contribution >= 0.6 is 11.3 Å². The zero-order chi connectivity index (χ0) is 21.8. The molecule has 1 aliphatic rings. The van der Waals surface area contributed by atoms with Crippen LogP contribution < -0.4 is 9.47 Å². The van der Waals surface area contributed by atoms with Crippen molar-refractivity contribution in [3.8, 4) is 22.3 Å². The zero-order valence-electron chi connectivity index (χ0n) is 18.1. The van der Waals surface area contributed by atoms with Crippen LogP contribution in [0.25, 0.3) is 10.8 Å². The van der Waals surface area contributed by atoms with Gasteiger partial charge in [-0.2, -0.15) is 0 Å². The second-order valence-electron chi connectivity index (χ2n) is 7.52. The number of hydrogen-bond acceptors (Lipinski definition) is 7. The third kappa shape index (κ3) is 4.91. The van der Waals surface area contributed by atoms with Gasteiger partial charge in [-0.25, -0.2) is 4.98 Å². The second-order valence-corrected chi connectivity index (χ2v) is 8.47. The Morgan fingerprint density at radius 2 is 1.90 bits per heavy atom. The predicted molar refractivity (Wildman–Crippen MR) is 120 cm³/mol. The number of oxazole rings is 1. The Hall–Kier alpha value is -2.84. The average Bonchev–Trinajstić information content (AvgIpc) is 3.44. The van der Waals surface area contributed by atoms with Crippen molar-refractivity contribution in [2.45, 2.75) is 19.9 Å². The molecule has 2 aromatic heterocycles. The van der Waals surface area contributed by atoms with Crippen molar-refractivity contribution >= 4 is 17.2 Å². The van der Waals surface area contributed by atoms with Crippen molar-refractivity contribution in [1.29, 1.82) is 0 Å². The lowest BCUT2D eigenvalue weighted by molar-refractivity contribution is -0.132. The first-order valence-corrected chi connectivity index (χ1v) is 11.2. The Labute approximate surface area is 186 Å². The minimum atomic E-state index is 0.0971. The van der Waals surface area contributed by atoms with Gasteiger partial charge in [0.1, 0.15) is 5.76 Å². The van der Waals surface area contributed by atoms with Crippen LogP contribution in [0.1, 0.15) is 17.0 Å². The van der Waals surface area contributed by atoms with Crippen molar-refractivity contribution in [3.05, 3.63) is 52.7 Å². The molecule has 3 aromatic rings. The summed E-state index contributed by atoms with van der Waals surface area (Å²) in [6.45, 7) is 5.76. The Morgan fingerprint density at radius 1 is 1.13 bits per heavy atom. The van der Waals surface area contributed by atoms with Gasteiger partial charge >= 0.3 is 0 Å². The van der Waals surface area contributed by atoms with E-state index in [0.717, 1.165) is 47.3 Å². The van der Waals surface area contributed by atoms with Gasteiger partial charge in [0.25, 0.3) is 0 Å². The summed E-state index contributed by atoms with van der Waals surface area (Å²) in [5.41, 5.74) is 1.89. The number of aryl methyl sites for hydroxylation is 1.